The van der Waals surface area contributed by atoms with Crippen molar-refractivity contribution < 1.29 is 26.2 Å². The number of hydrogen-bond acceptors (Lipinski definition) is 7. The van der Waals surface area contributed by atoms with E-state index in [1.165, 1.54) is 14.9 Å². The summed E-state index contributed by atoms with van der Waals surface area (Å²) in [6.07, 6.45) is 2.21. The molecule has 12 heteroatoms. The van der Waals surface area contributed by atoms with Gasteiger partial charge in [0, 0.05) is 37.8 Å². The summed E-state index contributed by atoms with van der Waals surface area (Å²) < 4.78 is 58.3. The molecule has 1 aromatic carbocycles. The average molecular weight is 497 g/mol. The molecule has 1 unspecified atom stereocenters. The van der Waals surface area contributed by atoms with Gasteiger partial charge in [0.1, 0.15) is 10.6 Å². The Labute approximate surface area is 194 Å². The summed E-state index contributed by atoms with van der Waals surface area (Å²) in [4.78, 5) is 14.9. The number of carbonyl (C=O) groups is 1. The molecule has 1 aromatic heterocycles. The van der Waals surface area contributed by atoms with Crippen molar-refractivity contribution in [2.24, 2.45) is 0 Å². The van der Waals surface area contributed by atoms with Crippen molar-refractivity contribution in [1.82, 2.24) is 14.4 Å². The molecule has 0 bridgehead atoms. The van der Waals surface area contributed by atoms with Crippen LogP contribution in [0.2, 0.25) is 0 Å². The Morgan fingerprint density at radius 3 is 2.45 bits per heavy atom. The summed E-state index contributed by atoms with van der Waals surface area (Å²) in [5, 5.41) is 3.75. The molecule has 180 valence electrons. The molecule has 0 spiro atoms. The minimum atomic E-state index is -3.77. The Morgan fingerprint density at radius 1 is 1.09 bits per heavy atom. The Kier molecular flexibility index (Phi) is 6.04. The van der Waals surface area contributed by atoms with Gasteiger partial charge in [0.2, 0.25) is 20.0 Å². The predicted molar refractivity (Wildman–Crippen MR) is 122 cm³/mol. The van der Waals surface area contributed by atoms with Gasteiger partial charge in [-0.25, -0.2) is 16.8 Å². The molecule has 1 amide bonds. The van der Waals surface area contributed by atoms with E-state index in [2.05, 4.69) is 5.16 Å². The molecule has 2 aliphatic rings. The molecule has 2 aliphatic heterocycles. The highest BCUT2D eigenvalue weighted by atomic mass is 32.2. The lowest BCUT2D eigenvalue weighted by molar-refractivity contribution is 0.0764. The summed E-state index contributed by atoms with van der Waals surface area (Å²) in [5.74, 6) is 0.0556. The van der Waals surface area contributed by atoms with Crippen LogP contribution in [0.3, 0.4) is 0 Å². The molecule has 1 atom stereocenters. The maximum Gasteiger partial charge on any atom is 0.253 e. The van der Waals surface area contributed by atoms with E-state index in [9.17, 15) is 21.6 Å². The first kappa shape index (κ1) is 23.7. The van der Waals surface area contributed by atoms with Gasteiger partial charge >= 0.3 is 0 Å². The van der Waals surface area contributed by atoms with Crippen LogP contribution in [0.15, 0.2) is 27.6 Å². The number of sulfonamides is 2. The number of amides is 1. The third kappa shape index (κ3) is 4.26. The molecular formula is C21H28N4O6S2. The van der Waals surface area contributed by atoms with E-state index in [1.807, 2.05) is 6.92 Å². The van der Waals surface area contributed by atoms with E-state index in [4.69, 9.17) is 4.52 Å². The van der Waals surface area contributed by atoms with E-state index < -0.39 is 20.0 Å². The van der Waals surface area contributed by atoms with Crippen molar-refractivity contribution in [2.75, 3.05) is 36.7 Å². The normalized spacial score (nSPS) is 20.1. The van der Waals surface area contributed by atoms with Crippen LogP contribution in [0.1, 0.15) is 40.7 Å². The molecule has 1 fully saturated rings. The summed E-state index contributed by atoms with van der Waals surface area (Å²) in [7, 11) is -7.18. The van der Waals surface area contributed by atoms with Gasteiger partial charge in [-0.15, -0.1) is 0 Å². The first-order valence-electron chi connectivity index (χ1n) is 10.8. The minimum Gasteiger partial charge on any atom is -0.360 e. The van der Waals surface area contributed by atoms with Crippen molar-refractivity contribution >= 4 is 31.6 Å². The minimum absolute atomic E-state index is 0.0884. The number of aromatic nitrogens is 1. The number of aryl methyl sites for hydroxylation is 2. The van der Waals surface area contributed by atoms with Crippen molar-refractivity contribution in [1.29, 1.82) is 0 Å². The number of fused-ring (bicyclic) bond motifs is 1. The molecule has 2 aromatic rings. The fourth-order valence-electron chi connectivity index (χ4n) is 4.73. The summed E-state index contributed by atoms with van der Waals surface area (Å²) in [6, 6.07) is 4.87. The van der Waals surface area contributed by atoms with Crippen LogP contribution in [0.4, 0.5) is 5.69 Å². The molecular weight excluding hydrogens is 468 g/mol. The van der Waals surface area contributed by atoms with E-state index in [0.717, 1.165) is 5.56 Å². The zero-order valence-electron chi connectivity index (χ0n) is 19.1. The second-order valence-corrected chi connectivity index (χ2v) is 12.4. The molecule has 33 heavy (non-hydrogen) atoms. The van der Waals surface area contributed by atoms with Gasteiger partial charge in [0.15, 0.2) is 5.76 Å². The standard InChI is InChI=1S/C21H28N4O6S2/c1-14-12-18-13-17(6-7-19(18)25(14)32(4,27)28)21(26)23-8-5-9-24(11-10-23)33(29,30)20-15(2)22-31-16(20)3/h6-7,13-14H,5,8-12H2,1-4H3. The van der Waals surface area contributed by atoms with Gasteiger partial charge in [-0.2, -0.15) is 4.31 Å². The largest absolute Gasteiger partial charge is 0.360 e. The van der Waals surface area contributed by atoms with Gasteiger partial charge in [-0.05, 0) is 57.4 Å². The molecule has 0 radical (unpaired) electrons. The smallest absolute Gasteiger partial charge is 0.253 e. The molecule has 0 saturated carbocycles. The van der Waals surface area contributed by atoms with Gasteiger partial charge in [0.05, 0.1) is 11.9 Å². The van der Waals surface area contributed by atoms with Crippen LogP contribution in [0.25, 0.3) is 0 Å². The quantitative estimate of drug-likeness (QED) is 0.629. The van der Waals surface area contributed by atoms with Crippen LogP contribution in [-0.4, -0.2) is 75.6 Å². The number of rotatable bonds is 4. The van der Waals surface area contributed by atoms with Gasteiger partial charge in [-0.1, -0.05) is 5.16 Å². The summed E-state index contributed by atoms with van der Waals surface area (Å²) >= 11 is 0. The Balaban J connectivity index is 1.52. The summed E-state index contributed by atoms with van der Waals surface area (Å²) in [5.41, 5.74) is 2.21. The number of carbonyl (C=O) groups excluding carboxylic acids is 1. The molecule has 0 N–H and O–H groups in total. The van der Waals surface area contributed by atoms with Gasteiger partial charge in [0.25, 0.3) is 5.91 Å². The van der Waals surface area contributed by atoms with Gasteiger partial charge < -0.3 is 9.42 Å². The Hall–Kier alpha value is -2.44. The Morgan fingerprint density at radius 2 is 1.82 bits per heavy atom. The maximum absolute atomic E-state index is 13.2. The first-order valence-corrected chi connectivity index (χ1v) is 14.0. The van der Waals surface area contributed by atoms with E-state index in [0.29, 0.717) is 42.9 Å². The monoisotopic (exact) mass is 496 g/mol. The van der Waals surface area contributed by atoms with Crippen molar-refractivity contribution in [3.63, 3.8) is 0 Å². The van der Waals surface area contributed by atoms with Crippen LogP contribution < -0.4 is 4.31 Å². The molecule has 3 heterocycles. The number of anilines is 1. The highest BCUT2D eigenvalue weighted by molar-refractivity contribution is 7.92. The lowest BCUT2D eigenvalue weighted by Crippen LogP contribution is -2.37. The fourth-order valence-corrected chi connectivity index (χ4v) is 7.76. The van der Waals surface area contributed by atoms with Crippen molar-refractivity contribution in [3.05, 3.63) is 40.8 Å². The van der Waals surface area contributed by atoms with Crippen LogP contribution in [0, 0.1) is 13.8 Å². The molecule has 4 rings (SSSR count). The Bertz CT molecular complexity index is 1280. The van der Waals surface area contributed by atoms with E-state index in [1.54, 1.807) is 36.9 Å². The van der Waals surface area contributed by atoms with Gasteiger partial charge in [-0.3, -0.25) is 9.10 Å². The van der Waals surface area contributed by atoms with Crippen LogP contribution >= 0.6 is 0 Å². The van der Waals surface area contributed by atoms with Crippen LogP contribution in [0.5, 0.6) is 0 Å². The first-order chi connectivity index (χ1) is 15.4. The van der Waals surface area contributed by atoms with E-state index in [-0.39, 0.29) is 35.7 Å². The summed E-state index contributed by atoms with van der Waals surface area (Å²) in [6.45, 7) is 6.14. The topological polar surface area (TPSA) is 121 Å². The second-order valence-electron chi connectivity index (χ2n) is 8.66. The third-order valence-electron chi connectivity index (χ3n) is 6.14. The van der Waals surface area contributed by atoms with E-state index >= 15 is 0 Å². The number of benzene rings is 1. The second kappa shape index (κ2) is 8.41. The highest BCUT2D eigenvalue weighted by Crippen LogP contribution is 2.35. The maximum atomic E-state index is 13.2. The van der Waals surface area contributed by atoms with Crippen molar-refractivity contribution in [3.8, 4) is 0 Å². The number of hydrogen-bond donors (Lipinski definition) is 0. The zero-order valence-corrected chi connectivity index (χ0v) is 20.7. The predicted octanol–water partition coefficient (Wildman–Crippen LogP) is 1.54. The zero-order chi connectivity index (χ0) is 24.1. The SMILES string of the molecule is Cc1noc(C)c1S(=O)(=O)N1CCCN(C(=O)c2ccc3c(c2)CC(C)N3S(C)(=O)=O)CC1. The fraction of sp³-hybridized carbons (Fsp3) is 0.524. The van der Waals surface area contributed by atoms with Crippen LogP contribution in [-0.2, 0) is 26.5 Å². The third-order valence-corrected chi connectivity index (χ3v) is 9.56. The molecule has 10 nitrogen and oxygen atoms in total. The lowest BCUT2D eigenvalue weighted by atomic mass is 10.1. The lowest BCUT2D eigenvalue weighted by Gasteiger charge is -2.23. The van der Waals surface area contributed by atoms with Crippen molar-refractivity contribution in [2.45, 2.75) is 44.6 Å². The molecule has 0 aliphatic carbocycles. The highest BCUT2D eigenvalue weighted by Gasteiger charge is 2.35. The average Bonchev–Trinajstić information content (AvgIpc) is 3.12. The number of nitrogens with zero attached hydrogens (tertiary/aromatic N) is 4. The molecule has 1 saturated heterocycles.